The van der Waals surface area contributed by atoms with E-state index in [1.807, 2.05) is 0 Å². The number of esters is 2. The summed E-state index contributed by atoms with van der Waals surface area (Å²) in [6.07, 6.45) is 1.34. The van der Waals surface area contributed by atoms with Gasteiger partial charge in [-0.05, 0) is 244 Å². The van der Waals surface area contributed by atoms with Gasteiger partial charge in [0.05, 0.1) is 86.2 Å². The smallest absolute Gasteiger partial charge is 0.870 e. The quantitative estimate of drug-likeness (QED) is 0.0126. The number of anilines is 6. The fraction of sp³-hybridized carbons (Fsp3) is 0.198. The SMILES string of the molecule is C.C.C.CCOC(=O)CCN(c1cccc(F)c1)S(=O)(=O)c1ccc(Cl)cc1.CCOC(=O)CCNc1cccc(F)c1.CN(C)C=C1CN(S(=O)(=O)c2ccc(Cl)cc2)c2cc(F)ccc2C1=O.Nc1cccc(F)c1.O=C(O)CCN(c1cccc(F)c1)S(=O)(=O)c1ccc(Cl)cc1.O=C1CCN(S(=O)(=O)c2ccc(Cl)cc2)c2cc(F)ccc21.O=S(=O)(Cl)c1ccc(Cl)cc1.[K+].[OH-]. The molecule has 11 aromatic rings. The number of benzene rings is 11. The summed E-state index contributed by atoms with van der Waals surface area (Å²) in [4.78, 5) is 59.6. The number of rotatable bonds is 24. The molecule has 11 aromatic carbocycles. The monoisotopic (exact) mass is 2110 g/mol. The van der Waals surface area contributed by atoms with E-state index >= 15 is 0 Å². The standard InChI is InChI=1S/C18H16ClFN2O3S.C17H17ClFNO4S.C15H13ClFNO4S.C15H11ClFNO3S.C11H14FNO2.C6H4Cl2O2S.C6H6FN.3CH4.K.H2O/c1-21(2)10-12-11-22(17-9-14(20)5-8-16(17)18(12)23)26(24,25)15-6-3-13(19)4-7-15;1-2-24-17(21)10-11-20(15-5-3-4-14(19)12-15)25(22,23)16-8-6-13(18)7-9-16;16-11-4-6-14(7-5-11)23(21,22)18(9-8-15(19)20)13-3-1-2-12(17)10-13;16-10-1-4-12(5-2-10)22(20,21)18-8-7-15(19)13-6-3-11(17)9-14(13)18;1-2-15-11(14)6-7-13-10-5-3-4-9(12)8-10;7-5-1-3-6(4-2-5)11(8,9)10;7-5-2-1-3-6(8)4-5;;;;;/h3-10H,11H2,1-2H3;3-9,12H,2,10-11H2,1H3;1-7,10H,8-9H2,(H,19,20);1-6,9H,7-8H2;3-5,8,13H,2,6-7H2,1H3;1-4H;1-4H,8H2;3*1H4;;1H2/q;;;;;;;;;;+1;/p-1. The predicted molar refractivity (Wildman–Crippen MR) is 512 cm³/mol. The summed E-state index contributed by atoms with van der Waals surface area (Å²) in [6.45, 7) is 3.77. The number of fused-ring (bicyclic) bond motifs is 2. The van der Waals surface area contributed by atoms with E-state index in [0.717, 1.165) is 53.6 Å². The third kappa shape index (κ3) is 37.2. The van der Waals surface area contributed by atoms with E-state index in [4.69, 9.17) is 89.0 Å². The first-order valence-electron chi connectivity index (χ1n) is 38.2. The molecule has 722 valence electrons. The fourth-order valence-corrected chi connectivity index (χ4v) is 18.8. The summed E-state index contributed by atoms with van der Waals surface area (Å²) in [5, 5.41) is 13.8. The summed E-state index contributed by atoms with van der Waals surface area (Å²) in [5.41, 5.74) is 7.29. The summed E-state index contributed by atoms with van der Waals surface area (Å²) in [6, 6.07) is 57.2. The van der Waals surface area contributed by atoms with E-state index in [2.05, 4.69) is 5.32 Å². The molecule has 44 heteroatoms. The van der Waals surface area contributed by atoms with Crippen LogP contribution in [0.15, 0.2) is 291 Å². The number of ketones is 2. The largest absolute Gasteiger partial charge is 1.00 e. The van der Waals surface area contributed by atoms with Gasteiger partial charge in [0, 0.05) is 117 Å². The molecule has 0 amide bonds. The third-order valence-electron chi connectivity index (χ3n) is 17.4. The van der Waals surface area contributed by atoms with Crippen molar-refractivity contribution < 1.29 is 164 Å². The Balaban J connectivity index is 0.000000542. The van der Waals surface area contributed by atoms with Crippen LogP contribution in [0.5, 0.6) is 0 Å². The van der Waals surface area contributed by atoms with Crippen molar-refractivity contribution in [2.24, 2.45) is 0 Å². The zero-order valence-electron chi connectivity index (χ0n) is 70.3. The van der Waals surface area contributed by atoms with Crippen molar-refractivity contribution in [3.05, 3.63) is 338 Å². The van der Waals surface area contributed by atoms with Gasteiger partial charge in [-0.2, -0.15) is 0 Å². The maximum atomic E-state index is 13.8. The van der Waals surface area contributed by atoms with Crippen LogP contribution in [0.25, 0.3) is 0 Å². The molecule has 0 saturated heterocycles. The number of nitrogens with one attached hydrogen (secondary N) is 1. The number of ether oxygens (including phenoxy) is 2. The summed E-state index contributed by atoms with van der Waals surface area (Å²) >= 11 is 28.7. The molecule has 26 nitrogen and oxygen atoms in total. The number of carboxylic acids is 1. The molecule has 0 bridgehead atoms. The number of hydrogen-bond donors (Lipinski definition) is 3. The first-order chi connectivity index (χ1) is 61.2. The van der Waals surface area contributed by atoms with E-state index in [1.54, 1.807) is 63.3 Å². The van der Waals surface area contributed by atoms with Crippen molar-refractivity contribution in [2.75, 3.05) is 88.3 Å². The molecular formula is C91H94Cl6F6KN7O19S5. The Morgan fingerprint density at radius 3 is 1.19 bits per heavy atom. The van der Waals surface area contributed by atoms with Crippen molar-refractivity contribution in [2.45, 2.75) is 86.3 Å². The fourth-order valence-electron chi connectivity index (χ4n) is 11.5. The number of halogens is 12. The normalized spacial score (nSPS) is 12.0. The molecule has 0 saturated carbocycles. The van der Waals surface area contributed by atoms with E-state index in [0.29, 0.717) is 55.2 Å². The Hall–Kier alpha value is -9.82. The maximum Gasteiger partial charge on any atom is 1.00 e. The van der Waals surface area contributed by atoms with Crippen LogP contribution in [0.2, 0.25) is 25.1 Å². The molecule has 13 rings (SSSR count). The minimum atomic E-state index is -4.04. The second kappa shape index (κ2) is 56.8. The molecule has 0 spiro atoms. The molecule has 2 aliphatic heterocycles. The van der Waals surface area contributed by atoms with Gasteiger partial charge in [0.15, 0.2) is 11.6 Å². The molecular weight excluding hydrogens is 2020 g/mol. The van der Waals surface area contributed by atoms with Crippen LogP contribution >= 0.6 is 68.7 Å². The number of sulfonamides is 4. The van der Waals surface area contributed by atoms with Crippen LogP contribution in [-0.4, -0.2) is 147 Å². The summed E-state index contributed by atoms with van der Waals surface area (Å²) < 4.78 is 217. The van der Waals surface area contributed by atoms with Crippen LogP contribution in [0, 0.1) is 34.9 Å². The number of Topliss-reactive ketones (excluding diaryl/α,β-unsaturated/α-hetero) is 2. The average molecular weight is 2120 g/mol. The number of nitrogen functional groups attached to an aromatic ring is 1. The van der Waals surface area contributed by atoms with Gasteiger partial charge in [-0.1, -0.05) is 105 Å². The van der Waals surface area contributed by atoms with Crippen LogP contribution in [0.1, 0.15) is 82.5 Å². The molecule has 0 radical (unpaired) electrons. The molecule has 2 aliphatic rings. The first-order valence-corrected chi connectivity index (χ1v) is 48.1. The van der Waals surface area contributed by atoms with Crippen LogP contribution in [0.3, 0.4) is 0 Å². The number of nitrogens with zero attached hydrogens (tertiary/aromatic N) is 5. The van der Waals surface area contributed by atoms with E-state index < -0.39 is 90.8 Å². The van der Waals surface area contributed by atoms with Gasteiger partial charge in [0.25, 0.3) is 49.1 Å². The Morgan fingerprint density at radius 2 is 0.815 bits per heavy atom. The number of aliphatic carboxylic acids is 1. The molecule has 2 heterocycles. The second-order valence-electron chi connectivity index (χ2n) is 27.1. The Labute approximate surface area is 853 Å². The zero-order valence-corrected chi connectivity index (χ0v) is 82.1. The van der Waals surface area contributed by atoms with Gasteiger partial charge in [-0.25, -0.2) is 68.4 Å². The van der Waals surface area contributed by atoms with E-state index in [9.17, 15) is 92.4 Å². The van der Waals surface area contributed by atoms with Crippen molar-refractivity contribution in [3.63, 3.8) is 0 Å². The number of hydrogen-bond acceptors (Lipinski definition) is 21. The molecule has 0 aromatic heterocycles. The van der Waals surface area contributed by atoms with Crippen molar-refractivity contribution in [3.8, 4) is 0 Å². The zero-order chi connectivity index (χ0) is 96.0. The maximum absolute atomic E-state index is 13.8. The molecule has 135 heavy (non-hydrogen) atoms. The average Bonchev–Trinajstić information content (AvgIpc) is 0.762. The van der Waals surface area contributed by atoms with E-state index in [1.165, 1.54) is 194 Å². The van der Waals surface area contributed by atoms with Gasteiger partial charge in [-0.15, -0.1) is 0 Å². The number of carboxylic acid groups (broad SMARTS) is 1. The van der Waals surface area contributed by atoms with Crippen molar-refractivity contribution in [1.82, 2.24) is 4.90 Å². The van der Waals surface area contributed by atoms with Crippen molar-refractivity contribution >= 4 is 181 Å². The molecule has 0 fully saturated rings. The van der Waals surface area contributed by atoms with Crippen LogP contribution in [-0.2, 0) is 73.0 Å². The number of carbonyl (C=O) groups excluding carboxylic acids is 4. The van der Waals surface area contributed by atoms with Gasteiger partial charge in [0.2, 0.25) is 0 Å². The van der Waals surface area contributed by atoms with Gasteiger partial charge in [0.1, 0.15) is 34.9 Å². The second-order valence-corrected chi connectivity index (χ2v) is 39.3. The number of carbonyl (C=O) groups is 5. The minimum Gasteiger partial charge on any atom is -0.870 e. The summed E-state index contributed by atoms with van der Waals surface area (Å²) in [7, 11) is -11.0. The molecule has 0 unspecified atom stereocenters. The number of nitrogens with two attached hydrogens (primary N) is 1. The molecule has 0 aliphatic carbocycles. The molecule has 0 atom stereocenters. The van der Waals surface area contributed by atoms with Crippen molar-refractivity contribution in [1.29, 1.82) is 0 Å². The van der Waals surface area contributed by atoms with E-state index in [-0.39, 0.29) is 219 Å². The third-order valence-corrected chi connectivity index (χ3v) is 27.4. The van der Waals surface area contributed by atoms with Gasteiger partial charge in [-0.3, -0.25) is 41.2 Å². The predicted octanol–water partition coefficient (Wildman–Crippen LogP) is 18.0. The van der Waals surface area contributed by atoms with Crippen LogP contribution < -0.4 is 79.7 Å². The Kier molecular flexibility index (Phi) is 51.0. The van der Waals surface area contributed by atoms with Crippen LogP contribution in [0.4, 0.5) is 60.5 Å². The van der Waals surface area contributed by atoms with Gasteiger partial charge < -0.3 is 36.0 Å². The van der Waals surface area contributed by atoms with Gasteiger partial charge >= 0.3 is 69.3 Å². The first kappa shape index (κ1) is 121. The minimum absolute atomic E-state index is 0. The topological polar surface area (TPSA) is 379 Å². The Bertz CT molecular complexity index is 6440. The Morgan fingerprint density at radius 1 is 0.459 bits per heavy atom. The summed E-state index contributed by atoms with van der Waals surface area (Å²) in [5.74, 6) is -5.44. The molecule has 5 N–H and O–H groups in total.